The van der Waals surface area contributed by atoms with Crippen molar-refractivity contribution in [2.24, 2.45) is 17.8 Å². The first kappa shape index (κ1) is 8.98. The quantitative estimate of drug-likeness (QED) is 0.594. The molecule has 13 heavy (non-hydrogen) atoms. The highest BCUT2D eigenvalue weighted by molar-refractivity contribution is 5.79. The van der Waals surface area contributed by atoms with Crippen LogP contribution in [0.5, 0.6) is 0 Å². The lowest BCUT2D eigenvalue weighted by Crippen LogP contribution is -2.19. The molecule has 0 N–H and O–H groups in total. The van der Waals surface area contributed by atoms with Gasteiger partial charge in [0.15, 0.2) is 0 Å². The lowest BCUT2D eigenvalue weighted by molar-refractivity contribution is -0.122. The van der Waals surface area contributed by atoms with Crippen LogP contribution in [0, 0.1) is 17.8 Å². The van der Waals surface area contributed by atoms with Crippen molar-refractivity contribution in [2.75, 3.05) is 0 Å². The molecule has 0 aliphatic heterocycles. The molecular weight excluding hydrogens is 160 g/mol. The van der Waals surface area contributed by atoms with Crippen LogP contribution in [0.15, 0.2) is 12.7 Å². The van der Waals surface area contributed by atoms with Crippen molar-refractivity contribution in [1.29, 1.82) is 0 Å². The summed E-state index contributed by atoms with van der Waals surface area (Å²) >= 11 is 0. The van der Waals surface area contributed by atoms with Gasteiger partial charge in [-0.15, -0.1) is 6.58 Å². The summed E-state index contributed by atoms with van der Waals surface area (Å²) < 4.78 is 0. The molecule has 0 saturated heterocycles. The van der Waals surface area contributed by atoms with E-state index in [1.165, 1.54) is 12.8 Å². The Morgan fingerprint density at radius 3 is 2.92 bits per heavy atom. The third kappa shape index (κ3) is 1.84. The number of ketones is 1. The Balaban J connectivity index is 1.94. The molecule has 0 radical (unpaired) electrons. The minimum absolute atomic E-state index is 0.500. The average Bonchev–Trinajstić information content (AvgIpc) is 2.46. The largest absolute Gasteiger partial charge is 0.300 e. The maximum atomic E-state index is 11.3. The Hall–Kier alpha value is -0.590. The lowest BCUT2D eigenvalue weighted by atomic mass is 9.81. The zero-order valence-electron chi connectivity index (χ0n) is 8.17. The number of hydrogen-bond donors (Lipinski definition) is 0. The van der Waals surface area contributed by atoms with E-state index in [0.717, 1.165) is 43.4 Å². The Labute approximate surface area is 80.2 Å². The van der Waals surface area contributed by atoms with Gasteiger partial charge in [-0.2, -0.15) is 0 Å². The molecule has 0 aromatic carbocycles. The first-order chi connectivity index (χ1) is 6.29. The number of carbonyl (C=O) groups excluding carboxylic acids is 1. The number of allylic oxidation sites excluding steroid dienone is 1. The van der Waals surface area contributed by atoms with Crippen molar-refractivity contribution < 1.29 is 4.79 Å². The second-order valence-electron chi connectivity index (χ2n) is 4.66. The van der Waals surface area contributed by atoms with E-state index in [2.05, 4.69) is 6.58 Å². The second kappa shape index (κ2) is 3.65. The van der Waals surface area contributed by atoms with Crippen LogP contribution < -0.4 is 0 Å². The molecule has 3 atom stereocenters. The Bertz CT molecular complexity index is 219. The van der Waals surface area contributed by atoms with Gasteiger partial charge in [-0.1, -0.05) is 6.08 Å². The molecule has 2 rings (SSSR count). The standard InChI is InChI=1S/C12H18O/c1-2-3-9-6-10-4-5-12(13)8-11(10)7-9/h2,9-11H,1,3-8H2. The number of fused-ring (bicyclic) bond motifs is 1. The van der Waals surface area contributed by atoms with Crippen LogP contribution in [-0.2, 0) is 4.79 Å². The summed E-state index contributed by atoms with van der Waals surface area (Å²) in [4.78, 5) is 11.3. The molecule has 0 bridgehead atoms. The van der Waals surface area contributed by atoms with Crippen LogP contribution in [0.1, 0.15) is 38.5 Å². The van der Waals surface area contributed by atoms with Crippen LogP contribution in [0.2, 0.25) is 0 Å². The lowest BCUT2D eigenvalue weighted by Gasteiger charge is -2.23. The summed E-state index contributed by atoms with van der Waals surface area (Å²) in [5.41, 5.74) is 0. The molecule has 72 valence electrons. The van der Waals surface area contributed by atoms with Crippen molar-refractivity contribution in [3.05, 3.63) is 12.7 Å². The first-order valence-corrected chi connectivity index (χ1v) is 5.42. The monoisotopic (exact) mass is 178 g/mol. The summed E-state index contributed by atoms with van der Waals surface area (Å²) in [6.07, 6.45) is 8.70. The average molecular weight is 178 g/mol. The van der Waals surface area contributed by atoms with Gasteiger partial charge in [0.25, 0.3) is 0 Å². The molecule has 2 aliphatic carbocycles. The van der Waals surface area contributed by atoms with E-state index >= 15 is 0 Å². The van der Waals surface area contributed by atoms with Crippen LogP contribution in [0.3, 0.4) is 0 Å². The molecule has 2 fully saturated rings. The third-order valence-electron chi connectivity index (χ3n) is 3.72. The van der Waals surface area contributed by atoms with Crippen LogP contribution in [-0.4, -0.2) is 5.78 Å². The molecule has 0 spiro atoms. The van der Waals surface area contributed by atoms with Gasteiger partial charge in [0.1, 0.15) is 5.78 Å². The van der Waals surface area contributed by atoms with Crippen LogP contribution in [0.25, 0.3) is 0 Å². The molecule has 0 amide bonds. The fraction of sp³-hybridized carbons (Fsp3) is 0.750. The minimum atomic E-state index is 0.500. The predicted molar refractivity (Wildman–Crippen MR) is 53.4 cm³/mol. The highest BCUT2D eigenvalue weighted by atomic mass is 16.1. The molecule has 2 aliphatic rings. The van der Waals surface area contributed by atoms with Gasteiger partial charge in [-0.25, -0.2) is 0 Å². The highest BCUT2D eigenvalue weighted by Gasteiger charge is 2.37. The highest BCUT2D eigenvalue weighted by Crippen LogP contribution is 2.45. The maximum Gasteiger partial charge on any atom is 0.133 e. The van der Waals surface area contributed by atoms with E-state index in [1.54, 1.807) is 0 Å². The minimum Gasteiger partial charge on any atom is -0.300 e. The number of carbonyl (C=O) groups is 1. The van der Waals surface area contributed by atoms with Gasteiger partial charge in [0.05, 0.1) is 0 Å². The van der Waals surface area contributed by atoms with Crippen molar-refractivity contribution in [2.45, 2.75) is 38.5 Å². The van der Waals surface area contributed by atoms with Gasteiger partial charge in [-0.05, 0) is 43.4 Å². The van der Waals surface area contributed by atoms with Crippen LogP contribution in [0.4, 0.5) is 0 Å². The number of rotatable bonds is 2. The summed E-state index contributed by atoms with van der Waals surface area (Å²) in [7, 11) is 0. The molecule has 0 heterocycles. The van der Waals surface area contributed by atoms with Gasteiger partial charge in [-0.3, -0.25) is 4.79 Å². The summed E-state index contributed by atoms with van der Waals surface area (Å²) in [6.45, 7) is 3.79. The fourth-order valence-electron chi connectivity index (χ4n) is 3.11. The van der Waals surface area contributed by atoms with Gasteiger partial charge in [0, 0.05) is 12.8 Å². The van der Waals surface area contributed by atoms with E-state index < -0.39 is 0 Å². The zero-order chi connectivity index (χ0) is 9.26. The zero-order valence-corrected chi connectivity index (χ0v) is 8.17. The van der Waals surface area contributed by atoms with E-state index in [0.29, 0.717) is 5.78 Å². The van der Waals surface area contributed by atoms with Crippen molar-refractivity contribution in [3.63, 3.8) is 0 Å². The smallest absolute Gasteiger partial charge is 0.133 e. The molecule has 3 unspecified atom stereocenters. The number of hydrogen-bond acceptors (Lipinski definition) is 1. The van der Waals surface area contributed by atoms with Crippen molar-refractivity contribution in [3.8, 4) is 0 Å². The molecular formula is C12H18O. The summed E-state index contributed by atoms with van der Waals surface area (Å²) in [5, 5.41) is 0. The third-order valence-corrected chi connectivity index (χ3v) is 3.72. The SMILES string of the molecule is C=CCC1CC2CCC(=O)CC2C1. The summed E-state index contributed by atoms with van der Waals surface area (Å²) in [6, 6.07) is 0. The van der Waals surface area contributed by atoms with Crippen molar-refractivity contribution in [1.82, 2.24) is 0 Å². The van der Waals surface area contributed by atoms with Crippen molar-refractivity contribution >= 4 is 5.78 Å². The predicted octanol–water partition coefficient (Wildman–Crippen LogP) is 2.96. The Morgan fingerprint density at radius 1 is 1.38 bits per heavy atom. The molecule has 1 heteroatoms. The van der Waals surface area contributed by atoms with E-state index in [4.69, 9.17) is 0 Å². The normalized spacial score (nSPS) is 38.8. The number of Topliss-reactive ketones (excluding diaryl/α,β-unsaturated/α-hetero) is 1. The van der Waals surface area contributed by atoms with E-state index in [1.807, 2.05) is 6.08 Å². The fourth-order valence-corrected chi connectivity index (χ4v) is 3.11. The Morgan fingerprint density at radius 2 is 2.15 bits per heavy atom. The molecule has 2 saturated carbocycles. The van der Waals surface area contributed by atoms with Gasteiger partial charge in [0.2, 0.25) is 0 Å². The summed E-state index contributed by atoms with van der Waals surface area (Å²) in [5.74, 6) is 2.92. The molecule has 1 nitrogen and oxygen atoms in total. The first-order valence-electron chi connectivity index (χ1n) is 5.42. The molecule has 0 aromatic heterocycles. The Kier molecular flexibility index (Phi) is 2.52. The maximum absolute atomic E-state index is 11.3. The van der Waals surface area contributed by atoms with E-state index in [-0.39, 0.29) is 0 Å². The van der Waals surface area contributed by atoms with Gasteiger partial charge >= 0.3 is 0 Å². The second-order valence-corrected chi connectivity index (χ2v) is 4.66. The molecule has 0 aromatic rings. The van der Waals surface area contributed by atoms with Crippen LogP contribution >= 0.6 is 0 Å². The van der Waals surface area contributed by atoms with E-state index in [9.17, 15) is 4.79 Å². The topological polar surface area (TPSA) is 17.1 Å². The van der Waals surface area contributed by atoms with Gasteiger partial charge < -0.3 is 0 Å².